The van der Waals surface area contributed by atoms with Crippen molar-refractivity contribution in [2.24, 2.45) is 5.92 Å². The molecule has 0 aliphatic carbocycles. The minimum atomic E-state index is 0.110. The Kier molecular flexibility index (Phi) is 9.22. The van der Waals surface area contributed by atoms with Crippen molar-refractivity contribution in [2.45, 2.75) is 45.1 Å². The van der Waals surface area contributed by atoms with E-state index in [0.29, 0.717) is 18.9 Å². The van der Waals surface area contributed by atoms with Crippen LogP contribution in [0, 0.1) is 5.92 Å². The minimum absolute atomic E-state index is 0.110. The number of piperidine rings is 1. The number of ether oxygens (including phenoxy) is 2. The average molecular weight is 425 g/mol. The van der Waals surface area contributed by atoms with Crippen LogP contribution in [0.5, 0.6) is 11.5 Å². The number of aryl methyl sites for hydroxylation is 1. The van der Waals surface area contributed by atoms with Crippen LogP contribution in [0.15, 0.2) is 48.5 Å². The van der Waals surface area contributed by atoms with Gasteiger partial charge in [0.25, 0.3) is 0 Å². The highest BCUT2D eigenvalue weighted by atomic mass is 16.5. The smallest absolute Gasteiger partial charge is 0.220 e. The zero-order valence-corrected chi connectivity index (χ0v) is 18.9. The largest absolute Gasteiger partial charge is 0.497 e. The Bertz CT molecular complexity index is 810. The molecule has 2 aromatic rings. The van der Waals surface area contributed by atoms with Gasteiger partial charge in [-0.05, 0) is 68.8 Å². The molecule has 3 rings (SSSR count). The second kappa shape index (κ2) is 12.4. The van der Waals surface area contributed by atoms with Crippen LogP contribution in [0.4, 0.5) is 0 Å². The third-order valence-corrected chi connectivity index (χ3v) is 6.14. The fourth-order valence-corrected chi connectivity index (χ4v) is 4.36. The van der Waals surface area contributed by atoms with Gasteiger partial charge >= 0.3 is 0 Å². The Hall–Kier alpha value is -2.53. The number of amides is 1. The van der Waals surface area contributed by atoms with Gasteiger partial charge in [0.05, 0.1) is 14.2 Å². The summed E-state index contributed by atoms with van der Waals surface area (Å²) in [6, 6.07) is 16.4. The van der Waals surface area contributed by atoms with Gasteiger partial charge in [-0.2, -0.15) is 0 Å². The molecule has 0 spiro atoms. The van der Waals surface area contributed by atoms with Crippen LogP contribution in [0.2, 0.25) is 0 Å². The molecule has 0 aromatic heterocycles. The van der Waals surface area contributed by atoms with E-state index in [1.54, 1.807) is 14.2 Å². The van der Waals surface area contributed by atoms with Crippen molar-refractivity contribution in [1.82, 2.24) is 10.2 Å². The van der Waals surface area contributed by atoms with E-state index < -0.39 is 0 Å². The van der Waals surface area contributed by atoms with Gasteiger partial charge in [-0.1, -0.05) is 30.3 Å². The Labute approximate surface area is 186 Å². The third-order valence-electron chi connectivity index (χ3n) is 6.14. The molecule has 1 saturated heterocycles. The fraction of sp³-hybridized carbons (Fsp3) is 0.500. The quantitative estimate of drug-likeness (QED) is 0.579. The summed E-state index contributed by atoms with van der Waals surface area (Å²) in [5.41, 5.74) is 2.38. The highest BCUT2D eigenvalue weighted by Gasteiger charge is 2.20. The molecular weight excluding hydrogens is 388 g/mol. The summed E-state index contributed by atoms with van der Waals surface area (Å²) in [5, 5.41) is 3.04. The van der Waals surface area contributed by atoms with E-state index in [4.69, 9.17) is 9.47 Å². The van der Waals surface area contributed by atoms with Crippen molar-refractivity contribution in [1.29, 1.82) is 0 Å². The number of nitrogens with zero attached hydrogens (tertiary/aromatic N) is 1. The van der Waals surface area contributed by atoms with E-state index in [-0.39, 0.29) is 5.91 Å². The highest BCUT2D eigenvalue weighted by molar-refractivity contribution is 5.75. The molecule has 1 fully saturated rings. The standard InChI is InChI=1S/C26H36N2O3/c1-30-24-14-13-23(25(18-24)31-2)19-27-26(29)15-12-22-11-7-17-28(20-22)16-6-10-21-8-4-3-5-9-21/h3-5,8-9,13-14,18,22H,6-7,10-12,15-17,19-20H2,1-2H3,(H,27,29)/t22-/m1/s1. The molecule has 0 bridgehead atoms. The Morgan fingerprint density at radius 3 is 2.74 bits per heavy atom. The predicted octanol–water partition coefficient (Wildman–Crippen LogP) is 4.45. The van der Waals surface area contributed by atoms with Crippen LogP contribution in [0.25, 0.3) is 0 Å². The molecule has 1 aliphatic rings. The first kappa shape index (κ1) is 23.1. The SMILES string of the molecule is COc1ccc(CNC(=O)CC[C@H]2CCCN(CCCc3ccccc3)C2)c(OC)c1. The maximum Gasteiger partial charge on any atom is 0.220 e. The summed E-state index contributed by atoms with van der Waals surface area (Å²) in [5.74, 6) is 2.21. The first-order chi connectivity index (χ1) is 15.2. The maximum absolute atomic E-state index is 12.4. The highest BCUT2D eigenvalue weighted by Crippen LogP contribution is 2.25. The predicted molar refractivity (Wildman–Crippen MR) is 125 cm³/mol. The van der Waals surface area contributed by atoms with Crippen molar-refractivity contribution in [3.63, 3.8) is 0 Å². The third kappa shape index (κ3) is 7.59. The molecule has 31 heavy (non-hydrogen) atoms. The molecule has 1 heterocycles. The van der Waals surface area contributed by atoms with Crippen LogP contribution in [0.3, 0.4) is 0 Å². The Morgan fingerprint density at radius 1 is 1.13 bits per heavy atom. The van der Waals surface area contributed by atoms with Crippen molar-refractivity contribution in [3.8, 4) is 11.5 Å². The lowest BCUT2D eigenvalue weighted by atomic mass is 9.93. The van der Waals surface area contributed by atoms with Gasteiger partial charge in [0.1, 0.15) is 11.5 Å². The van der Waals surface area contributed by atoms with E-state index in [0.717, 1.165) is 43.0 Å². The van der Waals surface area contributed by atoms with Gasteiger partial charge in [-0.25, -0.2) is 0 Å². The zero-order chi connectivity index (χ0) is 21.9. The van der Waals surface area contributed by atoms with Crippen molar-refractivity contribution >= 4 is 5.91 Å². The first-order valence-corrected chi connectivity index (χ1v) is 11.4. The van der Waals surface area contributed by atoms with Gasteiger partial charge in [0, 0.05) is 31.1 Å². The lowest BCUT2D eigenvalue weighted by molar-refractivity contribution is -0.121. The van der Waals surface area contributed by atoms with Gasteiger partial charge in [-0.3, -0.25) is 4.79 Å². The number of hydrogen-bond acceptors (Lipinski definition) is 4. The molecule has 168 valence electrons. The summed E-state index contributed by atoms with van der Waals surface area (Å²) < 4.78 is 10.6. The molecule has 5 nitrogen and oxygen atoms in total. The second-order valence-electron chi connectivity index (χ2n) is 8.39. The van der Waals surface area contributed by atoms with Crippen LogP contribution in [0.1, 0.15) is 43.2 Å². The molecule has 1 atom stereocenters. The van der Waals surface area contributed by atoms with E-state index >= 15 is 0 Å². The van der Waals surface area contributed by atoms with E-state index in [1.807, 2.05) is 18.2 Å². The van der Waals surface area contributed by atoms with Crippen LogP contribution >= 0.6 is 0 Å². The molecular formula is C26H36N2O3. The summed E-state index contributed by atoms with van der Waals surface area (Å²) in [7, 11) is 3.26. The Morgan fingerprint density at radius 2 is 1.97 bits per heavy atom. The van der Waals surface area contributed by atoms with Crippen LogP contribution in [-0.2, 0) is 17.8 Å². The first-order valence-electron chi connectivity index (χ1n) is 11.4. The minimum Gasteiger partial charge on any atom is -0.497 e. The number of carbonyl (C=O) groups excluding carboxylic acids is 1. The number of nitrogens with one attached hydrogen (secondary N) is 1. The normalized spacial score (nSPS) is 16.6. The van der Waals surface area contributed by atoms with Gasteiger partial charge in [0.2, 0.25) is 5.91 Å². The number of likely N-dealkylation sites (tertiary alicyclic amines) is 1. The molecule has 1 aliphatic heterocycles. The Balaban J connectivity index is 1.36. The van der Waals surface area contributed by atoms with E-state index in [2.05, 4.69) is 40.5 Å². The summed E-state index contributed by atoms with van der Waals surface area (Å²) in [6.07, 6.45) is 6.34. The van der Waals surface area contributed by atoms with E-state index in [1.165, 1.54) is 31.4 Å². The maximum atomic E-state index is 12.4. The van der Waals surface area contributed by atoms with Crippen LogP contribution < -0.4 is 14.8 Å². The number of methoxy groups -OCH3 is 2. The number of rotatable bonds is 11. The van der Waals surface area contributed by atoms with Crippen LogP contribution in [-0.4, -0.2) is 44.7 Å². The molecule has 1 amide bonds. The van der Waals surface area contributed by atoms with E-state index in [9.17, 15) is 4.79 Å². The lowest BCUT2D eigenvalue weighted by Crippen LogP contribution is -2.36. The van der Waals surface area contributed by atoms with Gasteiger partial charge in [0.15, 0.2) is 0 Å². The topological polar surface area (TPSA) is 50.8 Å². The summed E-state index contributed by atoms with van der Waals surface area (Å²) in [4.78, 5) is 15.0. The lowest BCUT2D eigenvalue weighted by Gasteiger charge is -2.32. The molecule has 5 heteroatoms. The second-order valence-corrected chi connectivity index (χ2v) is 8.39. The molecule has 2 aromatic carbocycles. The van der Waals surface area contributed by atoms with Gasteiger partial charge in [-0.15, -0.1) is 0 Å². The fourth-order valence-electron chi connectivity index (χ4n) is 4.36. The van der Waals surface area contributed by atoms with Gasteiger partial charge < -0.3 is 19.7 Å². The average Bonchev–Trinajstić information content (AvgIpc) is 2.82. The molecule has 1 N–H and O–H groups in total. The molecule has 0 radical (unpaired) electrons. The van der Waals surface area contributed by atoms with Crippen molar-refractivity contribution in [2.75, 3.05) is 33.9 Å². The number of carbonyl (C=O) groups is 1. The summed E-state index contributed by atoms with van der Waals surface area (Å²) >= 11 is 0. The molecule has 0 unspecified atom stereocenters. The molecule has 0 saturated carbocycles. The number of hydrogen-bond donors (Lipinski definition) is 1. The van der Waals surface area contributed by atoms with Crippen molar-refractivity contribution in [3.05, 3.63) is 59.7 Å². The summed E-state index contributed by atoms with van der Waals surface area (Å²) in [6.45, 7) is 3.93. The monoisotopic (exact) mass is 424 g/mol. The number of benzene rings is 2. The van der Waals surface area contributed by atoms with Crippen molar-refractivity contribution < 1.29 is 14.3 Å². The zero-order valence-electron chi connectivity index (χ0n) is 18.9.